The summed E-state index contributed by atoms with van der Waals surface area (Å²) in [4.78, 5) is 28.4. The van der Waals surface area contributed by atoms with Gasteiger partial charge in [-0.05, 0) is 49.9 Å². The number of likely N-dealkylation sites (tertiary alicyclic amines) is 1. The zero-order valence-corrected chi connectivity index (χ0v) is 22.9. The molecule has 3 atom stereocenters. The van der Waals surface area contributed by atoms with E-state index in [2.05, 4.69) is 20.5 Å². The number of halogens is 1. The summed E-state index contributed by atoms with van der Waals surface area (Å²) in [7, 11) is 0. The van der Waals surface area contributed by atoms with Crippen molar-refractivity contribution in [1.82, 2.24) is 24.4 Å². The first-order valence-corrected chi connectivity index (χ1v) is 14.5. The summed E-state index contributed by atoms with van der Waals surface area (Å²) in [6.07, 6.45) is 3.11. The van der Waals surface area contributed by atoms with E-state index in [1.807, 2.05) is 12.1 Å². The molecule has 3 aromatic heterocycles. The number of imidazole rings is 1. The van der Waals surface area contributed by atoms with Gasteiger partial charge in [0, 0.05) is 30.2 Å². The topological polar surface area (TPSA) is 126 Å². The third-order valence-corrected chi connectivity index (χ3v) is 9.54. The summed E-state index contributed by atoms with van der Waals surface area (Å²) >= 11 is 1.16. The maximum atomic E-state index is 14.3. The Balaban J connectivity index is 1.03. The molecule has 0 radical (unpaired) electrons. The van der Waals surface area contributed by atoms with E-state index in [1.165, 1.54) is 6.07 Å². The third kappa shape index (κ3) is 4.84. The van der Waals surface area contributed by atoms with Crippen LogP contribution in [0.15, 0.2) is 36.4 Å². The van der Waals surface area contributed by atoms with Gasteiger partial charge < -0.3 is 19.1 Å². The van der Waals surface area contributed by atoms with Crippen LogP contribution in [0.3, 0.4) is 0 Å². The fraction of sp³-hybridized carbons (Fsp3) is 0.414. The number of nitrogens with zero attached hydrogens (tertiary/aromatic N) is 6. The van der Waals surface area contributed by atoms with Gasteiger partial charge in [0.15, 0.2) is 5.65 Å². The fourth-order valence-corrected chi connectivity index (χ4v) is 6.89. The van der Waals surface area contributed by atoms with E-state index < -0.39 is 11.8 Å². The molecule has 4 aromatic rings. The Kier molecular flexibility index (Phi) is 6.45. The number of piperidine rings is 1. The van der Waals surface area contributed by atoms with Crippen LogP contribution in [0.5, 0.6) is 5.88 Å². The lowest BCUT2D eigenvalue weighted by Crippen LogP contribution is -2.37. The molecule has 210 valence electrons. The average Bonchev–Trinajstić information content (AvgIpc) is 3.40. The predicted octanol–water partition coefficient (Wildman–Crippen LogP) is 4.13. The molecular weight excluding hydrogens is 547 g/mol. The molecule has 3 aliphatic rings. The van der Waals surface area contributed by atoms with Crippen LogP contribution in [-0.4, -0.2) is 61.3 Å². The van der Waals surface area contributed by atoms with E-state index >= 15 is 0 Å². The second-order valence-electron chi connectivity index (χ2n) is 11.0. The highest BCUT2D eigenvalue weighted by atomic mass is 32.1. The SMILES string of the molecule is N#Cc1ccc(COc2cccc(C34CCN(Cc5nc6nc(C(=O)O)sc6n5CC5CCO5)CC3C4)n2)c(F)c1. The van der Waals surface area contributed by atoms with Gasteiger partial charge in [-0.15, -0.1) is 0 Å². The van der Waals surface area contributed by atoms with Crippen LogP contribution >= 0.6 is 11.3 Å². The number of ether oxygens (including phenoxy) is 2. The summed E-state index contributed by atoms with van der Waals surface area (Å²) in [5.74, 6) is 0.315. The molecule has 3 fully saturated rings. The smallest absolute Gasteiger partial charge is 0.365 e. The molecule has 5 heterocycles. The number of hydrogen-bond donors (Lipinski definition) is 1. The minimum Gasteiger partial charge on any atom is -0.476 e. The Bertz CT molecular complexity index is 1690. The Morgan fingerprint density at radius 1 is 1.29 bits per heavy atom. The van der Waals surface area contributed by atoms with Gasteiger partial charge in [0.05, 0.1) is 36.5 Å². The van der Waals surface area contributed by atoms with Gasteiger partial charge in [0.1, 0.15) is 23.1 Å². The molecule has 0 bridgehead atoms. The van der Waals surface area contributed by atoms with Gasteiger partial charge in [-0.25, -0.2) is 24.1 Å². The van der Waals surface area contributed by atoms with E-state index in [0.717, 1.165) is 66.6 Å². The summed E-state index contributed by atoms with van der Waals surface area (Å²) in [5.41, 5.74) is 2.17. The number of carboxylic acids is 1. The normalized spacial score (nSPS) is 23.5. The average molecular weight is 575 g/mol. The van der Waals surface area contributed by atoms with E-state index in [9.17, 15) is 14.3 Å². The first kappa shape index (κ1) is 26.0. The first-order valence-electron chi connectivity index (χ1n) is 13.6. The van der Waals surface area contributed by atoms with Gasteiger partial charge >= 0.3 is 5.97 Å². The van der Waals surface area contributed by atoms with Crippen molar-refractivity contribution in [2.75, 3.05) is 19.7 Å². The number of aromatic nitrogens is 4. The van der Waals surface area contributed by atoms with Crippen LogP contribution in [0.25, 0.3) is 10.5 Å². The van der Waals surface area contributed by atoms with Crippen molar-refractivity contribution < 1.29 is 23.8 Å². The largest absolute Gasteiger partial charge is 0.476 e. The van der Waals surface area contributed by atoms with Crippen LogP contribution < -0.4 is 4.74 Å². The number of fused-ring (bicyclic) bond motifs is 2. The second kappa shape index (κ2) is 10.2. The lowest BCUT2D eigenvalue weighted by molar-refractivity contribution is -0.0591. The molecular formula is C29H27FN6O4S. The maximum Gasteiger partial charge on any atom is 0.365 e. The fourth-order valence-electron chi connectivity index (χ4n) is 6.02. The Morgan fingerprint density at radius 3 is 2.90 bits per heavy atom. The second-order valence-corrected chi connectivity index (χ2v) is 12.0. The Labute approximate surface area is 239 Å². The van der Waals surface area contributed by atoms with Gasteiger partial charge in [-0.2, -0.15) is 5.26 Å². The van der Waals surface area contributed by atoms with Crippen molar-refractivity contribution in [2.24, 2.45) is 5.92 Å². The lowest BCUT2D eigenvalue weighted by atomic mass is 9.91. The first-order chi connectivity index (χ1) is 19.9. The number of rotatable bonds is 9. The molecule has 0 amide bonds. The van der Waals surface area contributed by atoms with Crippen molar-refractivity contribution in [3.63, 3.8) is 0 Å². The molecule has 0 spiro atoms. The van der Waals surface area contributed by atoms with Crippen molar-refractivity contribution >= 4 is 27.8 Å². The molecule has 41 heavy (non-hydrogen) atoms. The lowest BCUT2D eigenvalue weighted by Gasteiger charge is -2.32. The van der Waals surface area contributed by atoms with E-state index in [1.54, 1.807) is 18.2 Å². The van der Waals surface area contributed by atoms with E-state index in [-0.39, 0.29) is 28.7 Å². The van der Waals surface area contributed by atoms with Crippen molar-refractivity contribution in [3.8, 4) is 11.9 Å². The number of carboxylic acid groups (broad SMARTS) is 1. The number of thiazole rings is 1. The van der Waals surface area contributed by atoms with Gasteiger partial charge in [-0.1, -0.05) is 23.5 Å². The van der Waals surface area contributed by atoms with Crippen LogP contribution in [0.2, 0.25) is 0 Å². The molecule has 2 aliphatic heterocycles. The molecule has 3 unspecified atom stereocenters. The molecule has 1 N–H and O–H groups in total. The highest BCUT2D eigenvalue weighted by Gasteiger charge is 2.58. The monoisotopic (exact) mass is 574 g/mol. The van der Waals surface area contributed by atoms with Crippen LogP contribution in [0.4, 0.5) is 4.39 Å². The summed E-state index contributed by atoms with van der Waals surface area (Å²) in [6, 6.07) is 12.1. The summed E-state index contributed by atoms with van der Waals surface area (Å²) < 4.78 is 27.9. The van der Waals surface area contributed by atoms with E-state index in [0.29, 0.717) is 36.1 Å². The number of nitriles is 1. The van der Waals surface area contributed by atoms with Gasteiger partial charge in [0.25, 0.3) is 0 Å². The van der Waals surface area contributed by atoms with E-state index in [4.69, 9.17) is 24.7 Å². The van der Waals surface area contributed by atoms with Crippen molar-refractivity contribution in [2.45, 2.75) is 50.5 Å². The Hall–Kier alpha value is -3.92. The number of aromatic carboxylic acids is 1. The van der Waals surface area contributed by atoms with Gasteiger partial charge in [0.2, 0.25) is 10.9 Å². The molecule has 1 saturated carbocycles. The zero-order valence-electron chi connectivity index (χ0n) is 22.1. The number of carbonyl (C=O) groups is 1. The van der Waals surface area contributed by atoms with Crippen molar-refractivity contribution in [1.29, 1.82) is 5.26 Å². The quantitative estimate of drug-likeness (QED) is 0.314. The molecule has 2 saturated heterocycles. The van der Waals surface area contributed by atoms with Crippen LogP contribution in [0, 0.1) is 23.1 Å². The molecule has 1 aromatic carbocycles. The Morgan fingerprint density at radius 2 is 2.17 bits per heavy atom. The van der Waals surface area contributed by atoms with Gasteiger partial charge in [-0.3, -0.25) is 4.90 Å². The highest BCUT2D eigenvalue weighted by molar-refractivity contribution is 7.19. The third-order valence-electron chi connectivity index (χ3n) is 8.49. The standard InChI is InChI=1S/C29H27FN6O4S/c30-21-10-17(12-31)4-5-18(21)16-40-24-3-1-2-22(32-24)29-7-8-35(13-19(29)11-29)15-23-33-25-27(41-26(34-25)28(37)38)36(23)14-20-6-9-39-20/h1-5,10,19-20H,6-9,11,13-16H2,(H,37,38). The van der Waals surface area contributed by atoms with Crippen molar-refractivity contribution in [3.05, 3.63) is 69.9 Å². The molecule has 7 rings (SSSR count). The number of benzene rings is 1. The van der Waals surface area contributed by atoms with Crippen LogP contribution in [0.1, 0.15) is 51.7 Å². The molecule has 1 aliphatic carbocycles. The minimum absolute atomic E-state index is 0.0169. The summed E-state index contributed by atoms with van der Waals surface area (Å²) in [5, 5.41) is 18.4. The number of hydrogen-bond acceptors (Lipinski definition) is 9. The maximum absolute atomic E-state index is 14.3. The summed E-state index contributed by atoms with van der Waals surface area (Å²) in [6.45, 7) is 3.90. The van der Waals surface area contributed by atoms with Crippen LogP contribution in [-0.2, 0) is 29.8 Å². The predicted molar refractivity (Wildman–Crippen MR) is 146 cm³/mol. The molecule has 10 nitrogen and oxygen atoms in total. The highest BCUT2D eigenvalue weighted by Crippen LogP contribution is 2.59. The minimum atomic E-state index is -1.04. The zero-order chi connectivity index (χ0) is 28.1. The molecule has 12 heteroatoms. The number of pyridine rings is 1.